The van der Waals surface area contributed by atoms with Crippen molar-refractivity contribution >= 4 is 28.9 Å². The van der Waals surface area contributed by atoms with Crippen molar-refractivity contribution < 1.29 is 14.6 Å². The SMILES string of the molecule is CNc1cc(Nc2cccn([C@H]3CC[C@H]3O)c2=O)nc2c(C(=O)N[C@@H]3CC[C@@]3(C)OC)cnn12. The molecule has 4 atom stereocenters. The summed E-state index contributed by atoms with van der Waals surface area (Å²) in [5, 5.41) is 23.5. The zero-order valence-corrected chi connectivity index (χ0v) is 19.4. The van der Waals surface area contributed by atoms with Crippen LogP contribution in [0.3, 0.4) is 0 Å². The smallest absolute Gasteiger partial charge is 0.274 e. The molecule has 11 heteroatoms. The summed E-state index contributed by atoms with van der Waals surface area (Å²) >= 11 is 0. The van der Waals surface area contributed by atoms with Crippen LogP contribution in [-0.4, -0.2) is 62.1 Å². The number of pyridine rings is 1. The third-order valence-corrected chi connectivity index (χ3v) is 7.21. The number of fused-ring (bicyclic) bond motifs is 1. The molecule has 3 aromatic heterocycles. The maximum absolute atomic E-state index is 13.1. The lowest BCUT2D eigenvalue weighted by atomic mass is 9.76. The highest BCUT2D eigenvalue weighted by Crippen LogP contribution is 2.35. The van der Waals surface area contributed by atoms with Crippen molar-refractivity contribution in [2.45, 2.75) is 56.4 Å². The number of hydrogen-bond acceptors (Lipinski definition) is 8. The monoisotopic (exact) mass is 467 g/mol. The van der Waals surface area contributed by atoms with Gasteiger partial charge in [0.1, 0.15) is 22.9 Å². The van der Waals surface area contributed by atoms with Crippen LogP contribution in [-0.2, 0) is 4.74 Å². The van der Waals surface area contributed by atoms with Crippen molar-refractivity contribution in [2.24, 2.45) is 0 Å². The second-order valence-electron chi connectivity index (χ2n) is 9.12. The van der Waals surface area contributed by atoms with Gasteiger partial charge in [0.15, 0.2) is 5.65 Å². The zero-order chi connectivity index (χ0) is 24.0. The quantitative estimate of drug-likeness (QED) is 0.412. The molecule has 3 aromatic rings. The van der Waals surface area contributed by atoms with E-state index in [9.17, 15) is 14.7 Å². The molecule has 11 nitrogen and oxygen atoms in total. The molecule has 0 unspecified atom stereocenters. The molecule has 1 amide bonds. The predicted molar refractivity (Wildman–Crippen MR) is 127 cm³/mol. The first kappa shape index (κ1) is 22.4. The highest BCUT2D eigenvalue weighted by Gasteiger charge is 2.44. The molecule has 0 radical (unpaired) electrons. The Morgan fingerprint density at radius 1 is 1.32 bits per heavy atom. The molecule has 4 N–H and O–H groups in total. The standard InChI is InChI=1S/C23H29N7O4/c1-23(34-3)9-8-17(23)27-21(32)13-12-25-30-19(24-2)11-18(28-20(13)30)26-14-5-4-10-29(22(14)33)15-6-7-16(15)31/h4-5,10-12,15-17,24,31H,6-9H2,1-3H3,(H,26,28)(H,27,32)/t15-,16+,17+,23+/m0/s1. The zero-order valence-electron chi connectivity index (χ0n) is 19.4. The normalized spacial score (nSPS) is 25.9. The van der Waals surface area contributed by atoms with Crippen molar-refractivity contribution in [3.05, 3.63) is 46.5 Å². The molecule has 2 saturated carbocycles. The minimum absolute atomic E-state index is 0.0883. The summed E-state index contributed by atoms with van der Waals surface area (Å²) in [5.41, 5.74) is 0.394. The fraction of sp³-hybridized carbons (Fsp3) is 0.478. The molecule has 0 saturated heterocycles. The van der Waals surface area contributed by atoms with Crippen LogP contribution in [0.15, 0.2) is 35.4 Å². The fourth-order valence-corrected chi connectivity index (χ4v) is 4.56. The van der Waals surface area contributed by atoms with Gasteiger partial charge in [0, 0.05) is 26.4 Å². The van der Waals surface area contributed by atoms with Gasteiger partial charge in [-0.1, -0.05) is 0 Å². The second kappa shape index (κ2) is 8.41. The highest BCUT2D eigenvalue weighted by atomic mass is 16.5. The molecule has 2 fully saturated rings. The Bertz CT molecular complexity index is 1300. The summed E-state index contributed by atoms with van der Waals surface area (Å²) in [6, 6.07) is 4.84. The minimum atomic E-state index is -0.512. The molecule has 0 aliphatic heterocycles. The largest absolute Gasteiger partial charge is 0.391 e. The second-order valence-corrected chi connectivity index (χ2v) is 9.12. The Morgan fingerprint density at radius 3 is 2.76 bits per heavy atom. The van der Waals surface area contributed by atoms with Gasteiger partial charge in [0.2, 0.25) is 0 Å². The number of aliphatic hydroxyl groups excluding tert-OH is 1. The molecule has 2 aliphatic rings. The van der Waals surface area contributed by atoms with E-state index in [2.05, 4.69) is 26.0 Å². The fourth-order valence-electron chi connectivity index (χ4n) is 4.56. The lowest BCUT2D eigenvalue weighted by molar-refractivity contribution is -0.0828. The molecular formula is C23H29N7O4. The maximum atomic E-state index is 13.1. The number of carbonyl (C=O) groups excluding carboxylic acids is 1. The van der Waals surface area contributed by atoms with Crippen LogP contribution in [0, 0.1) is 0 Å². The number of amides is 1. The van der Waals surface area contributed by atoms with Gasteiger partial charge in [-0.25, -0.2) is 4.98 Å². The first-order valence-corrected chi connectivity index (χ1v) is 11.4. The molecular weight excluding hydrogens is 438 g/mol. The Labute approximate surface area is 196 Å². The molecule has 0 bridgehead atoms. The van der Waals surface area contributed by atoms with Gasteiger partial charge in [0.05, 0.1) is 30.0 Å². The summed E-state index contributed by atoms with van der Waals surface area (Å²) < 4.78 is 8.65. The van der Waals surface area contributed by atoms with Crippen molar-refractivity contribution in [1.29, 1.82) is 0 Å². The van der Waals surface area contributed by atoms with Gasteiger partial charge in [-0.15, -0.1) is 0 Å². The van der Waals surface area contributed by atoms with Crippen LogP contribution in [0.5, 0.6) is 0 Å². The van der Waals surface area contributed by atoms with Gasteiger partial charge >= 0.3 is 0 Å². The van der Waals surface area contributed by atoms with Crippen LogP contribution < -0.4 is 21.5 Å². The van der Waals surface area contributed by atoms with Gasteiger partial charge in [0.25, 0.3) is 11.5 Å². The lowest BCUT2D eigenvalue weighted by Gasteiger charge is -2.45. The minimum Gasteiger partial charge on any atom is -0.391 e. The predicted octanol–water partition coefficient (Wildman–Crippen LogP) is 1.67. The van der Waals surface area contributed by atoms with E-state index in [1.807, 2.05) is 6.92 Å². The summed E-state index contributed by atoms with van der Waals surface area (Å²) in [6.07, 6.45) is 5.83. The number of hydrogen-bond donors (Lipinski definition) is 4. The number of rotatable bonds is 7. The third-order valence-electron chi connectivity index (χ3n) is 7.21. The van der Waals surface area contributed by atoms with E-state index in [1.165, 1.54) is 6.20 Å². The average molecular weight is 468 g/mol. The Kier molecular flexibility index (Phi) is 5.53. The van der Waals surface area contributed by atoms with Crippen molar-refractivity contribution in [3.63, 3.8) is 0 Å². The van der Waals surface area contributed by atoms with Crippen molar-refractivity contribution in [2.75, 3.05) is 24.8 Å². The van der Waals surface area contributed by atoms with E-state index in [1.54, 1.807) is 47.6 Å². The first-order valence-electron chi connectivity index (χ1n) is 11.4. The number of ether oxygens (including phenoxy) is 1. The van der Waals surface area contributed by atoms with Crippen LogP contribution in [0.2, 0.25) is 0 Å². The summed E-state index contributed by atoms with van der Waals surface area (Å²) in [4.78, 5) is 30.7. The van der Waals surface area contributed by atoms with E-state index in [0.29, 0.717) is 35.0 Å². The Hall–Kier alpha value is -3.44. The average Bonchev–Trinajstić information content (AvgIpc) is 3.26. The number of carbonyl (C=O) groups is 1. The first-order chi connectivity index (χ1) is 16.3. The van der Waals surface area contributed by atoms with E-state index >= 15 is 0 Å². The molecule has 5 rings (SSSR count). The van der Waals surface area contributed by atoms with Crippen molar-refractivity contribution in [3.8, 4) is 0 Å². The van der Waals surface area contributed by atoms with E-state index in [0.717, 1.165) is 19.3 Å². The summed E-state index contributed by atoms with van der Waals surface area (Å²) in [7, 11) is 3.39. The van der Waals surface area contributed by atoms with Gasteiger partial charge in [-0.2, -0.15) is 9.61 Å². The van der Waals surface area contributed by atoms with Gasteiger partial charge in [-0.3, -0.25) is 9.59 Å². The van der Waals surface area contributed by atoms with Crippen LogP contribution in [0.4, 0.5) is 17.3 Å². The van der Waals surface area contributed by atoms with Crippen LogP contribution in [0.1, 0.15) is 49.0 Å². The number of nitrogens with one attached hydrogen (secondary N) is 3. The van der Waals surface area contributed by atoms with Gasteiger partial charge in [-0.05, 0) is 44.7 Å². The summed E-state index contributed by atoms with van der Waals surface area (Å²) in [6.45, 7) is 1.98. The van der Waals surface area contributed by atoms with Gasteiger partial charge < -0.3 is 30.4 Å². The highest BCUT2D eigenvalue weighted by molar-refractivity contribution is 6.00. The molecule has 0 spiro atoms. The van der Waals surface area contributed by atoms with E-state index in [-0.39, 0.29) is 29.2 Å². The number of anilines is 3. The number of nitrogens with zero attached hydrogens (tertiary/aromatic N) is 4. The Morgan fingerprint density at radius 2 is 2.15 bits per heavy atom. The molecule has 180 valence electrons. The molecule has 3 heterocycles. The number of aromatic nitrogens is 4. The lowest BCUT2D eigenvalue weighted by Crippen LogP contribution is -2.59. The molecule has 2 aliphatic carbocycles. The van der Waals surface area contributed by atoms with E-state index < -0.39 is 6.10 Å². The molecule has 34 heavy (non-hydrogen) atoms. The Balaban J connectivity index is 1.46. The van der Waals surface area contributed by atoms with Crippen molar-refractivity contribution in [1.82, 2.24) is 24.5 Å². The van der Waals surface area contributed by atoms with Crippen LogP contribution >= 0.6 is 0 Å². The van der Waals surface area contributed by atoms with E-state index in [4.69, 9.17) is 4.74 Å². The number of methoxy groups -OCH3 is 1. The third kappa shape index (κ3) is 3.61. The number of aliphatic hydroxyl groups is 1. The maximum Gasteiger partial charge on any atom is 0.274 e. The molecule has 0 aromatic carbocycles. The topological polar surface area (TPSA) is 135 Å². The summed E-state index contributed by atoms with van der Waals surface area (Å²) in [5.74, 6) is 0.707. The van der Waals surface area contributed by atoms with Crippen LogP contribution in [0.25, 0.3) is 5.65 Å².